The maximum absolute atomic E-state index is 10.9. The van der Waals surface area contributed by atoms with Gasteiger partial charge in [0.2, 0.25) is 0 Å². The number of aromatic nitrogens is 1. The van der Waals surface area contributed by atoms with E-state index in [0.717, 1.165) is 0 Å². The van der Waals surface area contributed by atoms with Crippen LogP contribution in [-0.2, 0) is 0 Å². The highest BCUT2D eigenvalue weighted by Crippen LogP contribution is 2.16. The maximum Gasteiger partial charge on any atom is 0.339 e. The fourth-order valence-electron chi connectivity index (χ4n) is 1.25. The van der Waals surface area contributed by atoms with Crippen LogP contribution in [0.25, 0.3) is 0 Å². The second-order valence-corrected chi connectivity index (χ2v) is 3.16. The lowest BCUT2D eigenvalue weighted by molar-refractivity contribution is 0.0697. The van der Waals surface area contributed by atoms with Crippen molar-refractivity contribution in [1.82, 2.24) is 4.98 Å². The third-order valence-electron chi connectivity index (χ3n) is 2.00. The number of nitrogens with zero attached hydrogens (tertiary/aromatic N) is 1. The summed E-state index contributed by atoms with van der Waals surface area (Å²) in [5.41, 5.74) is 0.861. The number of aliphatic hydroxyl groups is 1. The fraction of sp³-hybridized carbons (Fsp3) is 0.400. The molecular formula is C10H14N2O3. The predicted molar refractivity (Wildman–Crippen MR) is 56.1 cm³/mol. The lowest BCUT2D eigenvalue weighted by Crippen LogP contribution is -2.11. The highest BCUT2D eigenvalue weighted by atomic mass is 16.4. The first-order chi connectivity index (χ1) is 7.16. The van der Waals surface area contributed by atoms with Gasteiger partial charge in [-0.25, -0.2) is 9.78 Å². The Labute approximate surface area is 87.8 Å². The molecule has 0 fully saturated rings. The van der Waals surface area contributed by atoms with Crippen LogP contribution >= 0.6 is 0 Å². The summed E-state index contributed by atoms with van der Waals surface area (Å²) in [6.45, 7) is 2.30. The van der Waals surface area contributed by atoms with Crippen LogP contribution in [-0.4, -0.2) is 34.3 Å². The van der Waals surface area contributed by atoms with E-state index in [2.05, 4.69) is 10.3 Å². The van der Waals surface area contributed by atoms with Crippen molar-refractivity contribution in [1.29, 1.82) is 0 Å². The van der Waals surface area contributed by atoms with Gasteiger partial charge in [-0.2, -0.15) is 0 Å². The molecule has 5 heteroatoms. The highest BCUT2D eigenvalue weighted by molar-refractivity contribution is 5.94. The van der Waals surface area contributed by atoms with E-state index >= 15 is 0 Å². The molecule has 3 N–H and O–H groups in total. The van der Waals surface area contributed by atoms with E-state index in [9.17, 15) is 4.79 Å². The van der Waals surface area contributed by atoms with Gasteiger partial charge in [-0.05, 0) is 25.0 Å². The summed E-state index contributed by atoms with van der Waals surface area (Å²) in [4.78, 5) is 14.9. The SMILES string of the molecule is Cc1ccnc(NCCCO)c1C(=O)O. The van der Waals surface area contributed by atoms with E-state index in [1.165, 1.54) is 0 Å². The second kappa shape index (κ2) is 5.31. The summed E-state index contributed by atoms with van der Waals surface area (Å²) in [6, 6.07) is 1.65. The van der Waals surface area contributed by atoms with Crippen LogP contribution in [0.1, 0.15) is 22.3 Å². The molecular weight excluding hydrogens is 196 g/mol. The van der Waals surface area contributed by atoms with E-state index in [4.69, 9.17) is 10.2 Å². The lowest BCUT2D eigenvalue weighted by atomic mass is 10.1. The monoisotopic (exact) mass is 210 g/mol. The molecule has 0 bridgehead atoms. The first-order valence-electron chi connectivity index (χ1n) is 4.70. The highest BCUT2D eigenvalue weighted by Gasteiger charge is 2.13. The van der Waals surface area contributed by atoms with Gasteiger partial charge in [-0.1, -0.05) is 0 Å². The minimum absolute atomic E-state index is 0.0707. The normalized spacial score (nSPS) is 10.0. The number of carbonyl (C=O) groups is 1. The van der Waals surface area contributed by atoms with Crippen molar-refractivity contribution in [2.75, 3.05) is 18.5 Å². The summed E-state index contributed by atoms with van der Waals surface area (Å²) < 4.78 is 0. The van der Waals surface area contributed by atoms with E-state index in [1.54, 1.807) is 19.2 Å². The first kappa shape index (κ1) is 11.5. The molecule has 82 valence electrons. The van der Waals surface area contributed by atoms with Crippen molar-refractivity contribution in [3.8, 4) is 0 Å². The summed E-state index contributed by atoms with van der Waals surface area (Å²) in [7, 11) is 0. The van der Waals surface area contributed by atoms with Crippen LogP contribution in [0.2, 0.25) is 0 Å². The van der Waals surface area contributed by atoms with Crippen LogP contribution in [0.15, 0.2) is 12.3 Å². The minimum Gasteiger partial charge on any atom is -0.478 e. The molecule has 1 aromatic rings. The van der Waals surface area contributed by atoms with Gasteiger partial charge in [0.25, 0.3) is 0 Å². The lowest BCUT2D eigenvalue weighted by Gasteiger charge is -2.09. The standard InChI is InChI=1S/C10H14N2O3/c1-7-3-5-12-9(8(7)10(14)15)11-4-2-6-13/h3,5,13H,2,4,6H2,1H3,(H,11,12)(H,14,15). The predicted octanol–water partition coefficient (Wildman–Crippen LogP) is 0.883. The molecule has 0 saturated carbocycles. The van der Waals surface area contributed by atoms with Gasteiger partial charge in [0.05, 0.1) is 0 Å². The Morgan fingerprint density at radius 1 is 1.60 bits per heavy atom. The zero-order valence-electron chi connectivity index (χ0n) is 8.53. The molecule has 15 heavy (non-hydrogen) atoms. The molecule has 0 saturated heterocycles. The number of nitrogens with one attached hydrogen (secondary N) is 1. The molecule has 1 heterocycles. The number of aryl methyl sites for hydroxylation is 1. The largest absolute Gasteiger partial charge is 0.478 e. The second-order valence-electron chi connectivity index (χ2n) is 3.16. The molecule has 0 atom stereocenters. The third kappa shape index (κ3) is 2.92. The Balaban J connectivity index is 2.86. The average molecular weight is 210 g/mol. The van der Waals surface area contributed by atoms with Gasteiger partial charge in [0.15, 0.2) is 0 Å². The Kier molecular flexibility index (Phi) is 4.05. The van der Waals surface area contributed by atoms with Gasteiger partial charge in [-0.15, -0.1) is 0 Å². The van der Waals surface area contributed by atoms with E-state index in [-0.39, 0.29) is 12.2 Å². The van der Waals surface area contributed by atoms with Crippen molar-refractivity contribution in [3.05, 3.63) is 23.4 Å². The third-order valence-corrected chi connectivity index (χ3v) is 2.00. The number of carboxylic acid groups (broad SMARTS) is 1. The minimum atomic E-state index is -0.993. The molecule has 0 aliphatic carbocycles. The number of hydrogen-bond donors (Lipinski definition) is 3. The Morgan fingerprint density at radius 2 is 2.33 bits per heavy atom. The first-order valence-corrected chi connectivity index (χ1v) is 4.70. The number of hydrogen-bond acceptors (Lipinski definition) is 4. The van der Waals surface area contributed by atoms with Crippen molar-refractivity contribution in [2.45, 2.75) is 13.3 Å². The molecule has 5 nitrogen and oxygen atoms in total. The molecule has 0 aliphatic heterocycles. The van der Waals surface area contributed by atoms with Crippen molar-refractivity contribution in [3.63, 3.8) is 0 Å². The molecule has 1 aromatic heterocycles. The summed E-state index contributed by atoms with van der Waals surface area (Å²) >= 11 is 0. The summed E-state index contributed by atoms with van der Waals surface area (Å²) in [5.74, 6) is -0.636. The Bertz CT molecular complexity index is 353. The van der Waals surface area contributed by atoms with Gasteiger partial charge >= 0.3 is 5.97 Å². The molecule has 0 aliphatic rings. The number of anilines is 1. The quantitative estimate of drug-likeness (QED) is 0.628. The van der Waals surface area contributed by atoms with Crippen molar-refractivity contribution < 1.29 is 15.0 Å². The van der Waals surface area contributed by atoms with E-state index in [1.807, 2.05) is 0 Å². The van der Waals surface area contributed by atoms with E-state index in [0.29, 0.717) is 24.3 Å². The summed E-state index contributed by atoms with van der Waals surface area (Å²) in [6.07, 6.45) is 2.12. The molecule has 0 spiro atoms. The van der Waals surface area contributed by atoms with Crippen LogP contribution in [0.5, 0.6) is 0 Å². The molecule has 1 rings (SSSR count). The Morgan fingerprint density at radius 3 is 2.93 bits per heavy atom. The number of aromatic carboxylic acids is 1. The number of carboxylic acids is 1. The van der Waals surface area contributed by atoms with Gasteiger partial charge < -0.3 is 15.5 Å². The average Bonchev–Trinajstić information content (AvgIpc) is 2.17. The van der Waals surface area contributed by atoms with Gasteiger partial charge in [-0.3, -0.25) is 0 Å². The van der Waals surface area contributed by atoms with Crippen LogP contribution in [0.3, 0.4) is 0 Å². The number of pyridine rings is 1. The van der Waals surface area contributed by atoms with E-state index < -0.39 is 5.97 Å². The van der Waals surface area contributed by atoms with Gasteiger partial charge in [0.1, 0.15) is 11.4 Å². The topological polar surface area (TPSA) is 82.5 Å². The van der Waals surface area contributed by atoms with Gasteiger partial charge in [0, 0.05) is 19.3 Å². The molecule has 0 radical (unpaired) electrons. The van der Waals surface area contributed by atoms with Crippen LogP contribution in [0.4, 0.5) is 5.82 Å². The molecule has 0 amide bonds. The molecule has 0 unspecified atom stereocenters. The van der Waals surface area contributed by atoms with Crippen molar-refractivity contribution in [2.24, 2.45) is 0 Å². The van der Waals surface area contributed by atoms with Crippen molar-refractivity contribution >= 4 is 11.8 Å². The van der Waals surface area contributed by atoms with Crippen LogP contribution in [0, 0.1) is 6.92 Å². The molecule has 0 aromatic carbocycles. The fourth-order valence-corrected chi connectivity index (χ4v) is 1.25. The zero-order chi connectivity index (χ0) is 11.3. The van der Waals surface area contributed by atoms with Crippen LogP contribution < -0.4 is 5.32 Å². The Hall–Kier alpha value is -1.62. The number of rotatable bonds is 5. The smallest absolute Gasteiger partial charge is 0.339 e. The number of aliphatic hydroxyl groups excluding tert-OH is 1. The summed E-state index contributed by atoms with van der Waals surface area (Å²) in [5, 5.41) is 20.5. The zero-order valence-corrected chi connectivity index (χ0v) is 8.53. The maximum atomic E-state index is 10.9.